The molecule has 8 nitrogen and oxygen atoms in total. The SMILES string of the molecule is CC/C=C(/C)c1[nH]c(=O)c(N2CCN(C3CCN(Cc4ccc(F)cc4F)CC3)C(CC)C2)nc1N.CCCO. The van der Waals surface area contributed by atoms with Crippen LogP contribution in [-0.4, -0.2) is 76.3 Å². The van der Waals surface area contributed by atoms with E-state index in [0.717, 1.165) is 76.5 Å². The first kappa shape index (κ1) is 31.7. The summed E-state index contributed by atoms with van der Waals surface area (Å²) in [6, 6.07) is 4.58. The Morgan fingerprint density at radius 2 is 1.88 bits per heavy atom. The number of benzene rings is 1. The minimum absolute atomic E-state index is 0.201. The number of likely N-dealkylation sites (tertiary alicyclic amines) is 1. The van der Waals surface area contributed by atoms with Crippen molar-refractivity contribution in [2.75, 3.05) is 50.0 Å². The number of nitrogens with one attached hydrogen (secondary N) is 1. The number of piperidine rings is 1. The third kappa shape index (κ3) is 8.11. The number of piperazine rings is 1. The zero-order valence-corrected chi connectivity index (χ0v) is 24.4. The molecule has 4 rings (SSSR count). The van der Waals surface area contributed by atoms with E-state index in [1.807, 2.05) is 26.8 Å². The first-order valence-corrected chi connectivity index (χ1v) is 14.6. The molecule has 0 amide bonds. The van der Waals surface area contributed by atoms with Crippen LogP contribution in [0.4, 0.5) is 20.4 Å². The largest absolute Gasteiger partial charge is 0.396 e. The lowest BCUT2D eigenvalue weighted by Crippen LogP contribution is -2.59. The lowest BCUT2D eigenvalue weighted by atomic mass is 9.98. The summed E-state index contributed by atoms with van der Waals surface area (Å²) in [5.74, 6) is -0.269. The van der Waals surface area contributed by atoms with Crippen molar-refractivity contribution >= 4 is 17.2 Å². The van der Waals surface area contributed by atoms with Crippen LogP contribution in [0.3, 0.4) is 0 Å². The second-order valence-corrected chi connectivity index (χ2v) is 10.7. The number of allylic oxidation sites excluding steroid dienone is 2. The third-order valence-corrected chi connectivity index (χ3v) is 7.79. The molecule has 40 heavy (non-hydrogen) atoms. The standard InChI is InChI=1S/C27H38F2N6O.C3H8O/c1-4-6-18(3)24-25(30)32-26(27(36)31-24)34-13-14-35(21(5-2)17-34)22-9-11-33(12-10-22)16-19-7-8-20(28)15-23(19)29;1-2-3-4/h6-8,15,21-22H,4-5,9-14,16-17H2,1-3H3,(H2,30,32)(H,31,36);4H,2-3H2,1H3/b18-6-;. The summed E-state index contributed by atoms with van der Waals surface area (Å²) in [6.45, 7) is 13.0. The van der Waals surface area contributed by atoms with Gasteiger partial charge in [-0.2, -0.15) is 0 Å². The van der Waals surface area contributed by atoms with Crippen molar-refractivity contribution < 1.29 is 13.9 Å². The van der Waals surface area contributed by atoms with E-state index in [1.54, 1.807) is 6.07 Å². The lowest BCUT2D eigenvalue weighted by molar-refractivity contribution is 0.0607. The first-order chi connectivity index (χ1) is 19.2. The number of aliphatic hydroxyl groups excluding tert-OH is 1. The zero-order chi connectivity index (χ0) is 29.2. The molecule has 222 valence electrons. The van der Waals surface area contributed by atoms with Gasteiger partial charge in [0.05, 0.1) is 5.69 Å². The number of anilines is 2. The van der Waals surface area contributed by atoms with Crippen molar-refractivity contribution in [3.8, 4) is 0 Å². The van der Waals surface area contributed by atoms with Gasteiger partial charge in [0.25, 0.3) is 5.56 Å². The molecular formula is C30H46F2N6O2. The molecule has 0 aliphatic carbocycles. The van der Waals surface area contributed by atoms with E-state index in [-0.39, 0.29) is 5.56 Å². The van der Waals surface area contributed by atoms with Crippen molar-refractivity contribution in [3.63, 3.8) is 0 Å². The minimum Gasteiger partial charge on any atom is -0.396 e. The van der Waals surface area contributed by atoms with E-state index in [4.69, 9.17) is 10.8 Å². The fraction of sp³-hybridized carbons (Fsp3) is 0.600. The summed E-state index contributed by atoms with van der Waals surface area (Å²) in [5.41, 5.74) is 8.08. The Labute approximate surface area is 236 Å². The Hall–Kier alpha value is -2.82. The summed E-state index contributed by atoms with van der Waals surface area (Å²) in [5, 5.41) is 7.88. The Kier molecular flexibility index (Phi) is 12.1. The highest BCUT2D eigenvalue weighted by molar-refractivity contribution is 5.69. The van der Waals surface area contributed by atoms with Gasteiger partial charge in [0.15, 0.2) is 5.82 Å². The van der Waals surface area contributed by atoms with Gasteiger partial charge in [0.1, 0.15) is 17.5 Å². The van der Waals surface area contributed by atoms with E-state index in [2.05, 4.69) is 31.6 Å². The molecule has 0 radical (unpaired) electrons. The van der Waals surface area contributed by atoms with Gasteiger partial charge in [-0.05, 0) is 63.8 Å². The number of rotatable bonds is 8. The number of aromatic nitrogens is 2. The maximum Gasteiger partial charge on any atom is 0.291 e. The summed E-state index contributed by atoms with van der Waals surface area (Å²) in [6.07, 6.45) is 6.74. The van der Waals surface area contributed by atoms with Crippen molar-refractivity contribution in [1.29, 1.82) is 0 Å². The summed E-state index contributed by atoms with van der Waals surface area (Å²) in [4.78, 5) is 27.2. The van der Waals surface area contributed by atoms with Crippen LogP contribution in [0, 0.1) is 11.6 Å². The highest BCUT2D eigenvalue weighted by Gasteiger charge is 2.34. The van der Waals surface area contributed by atoms with Crippen LogP contribution in [0.1, 0.15) is 71.1 Å². The van der Waals surface area contributed by atoms with Crippen molar-refractivity contribution in [2.24, 2.45) is 0 Å². The van der Waals surface area contributed by atoms with E-state index in [0.29, 0.717) is 48.1 Å². The molecule has 0 spiro atoms. The molecule has 1 unspecified atom stereocenters. The number of aromatic amines is 1. The number of aliphatic hydroxyl groups is 1. The minimum atomic E-state index is -0.543. The Morgan fingerprint density at radius 3 is 2.48 bits per heavy atom. The van der Waals surface area contributed by atoms with E-state index in [9.17, 15) is 13.6 Å². The zero-order valence-electron chi connectivity index (χ0n) is 24.4. The van der Waals surface area contributed by atoms with Crippen LogP contribution in [0.2, 0.25) is 0 Å². The number of hydrogen-bond donors (Lipinski definition) is 3. The predicted molar refractivity (Wildman–Crippen MR) is 158 cm³/mol. The summed E-state index contributed by atoms with van der Waals surface area (Å²) >= 11 is 0. The van der Waals surface area contributed by atoms with Crippen LogP contribution in [-0.2, 0) is 6.54 Å². The Morgan fingerprint density at radius 1 is 1.18 bits per heavy atom. The second kappa shape index (κ2) is 15.3. The molecule has 10 heteroatoms. The monoisotopic (exact) mass is 560 g/mol. The highest BCUT2D eigenvalue weighted by Crippen LogP contribution is 2.26. The van der Waals surface area contributed by atoms with Crippen molar-refractivity contribution in [2.45, 2.75) is 78.4 Å². The van der Waals surface area contributed by atoms with Crippen LogP contribution in [0.5, 0.6) is 0 Å². The molecule has 0 saturated carbocycles. The summed E-state index contributed by atoms with van der Waals surface area (Å²) in [7, 11) is 0. The molecule has 2 aliphatic heterocycles. The smallest absolute Gasteiger partial charge is 0.291 e. The van der Waals surface area contributed by atoms with Gasteiger partial charge in [-0.1, -0.05) is 32.9 Å². The molecule has 1 atom stereocenters. The van der Waals surface area contributed by atoms with Crippen LogP contribution >= 0.6 is 0 Å². The van der Waals surface area contributed by atoms with Crippen molar-refractivity contribution in [1.82, 2.24) is 19.8 Å². The lowest BCUT2D eigenvalue weighted by Gasteiger charge is -2.47. The van der Waals surface area contributed by atoms with Crippen LogP contribution in [0.15, 0.2) is 29.1 Å². The van der Waals surface area contributed by atoms with E-state index in [1.165, 1.54) is 6.07 Å². The highest BCUT2D eigenvalue weighted by atomic mass is 19.1. The van der Waals surface area contributed by atoms with Gasteiger partial charge < -0.3 is 20.7 Å². The normalized spacial score (nSPS) is 19.4. The average Bonchev–Trinajstić information content (AvgIpc) is 2.96. The van der Waals surface area contributed by atoms with Gasteiger partial charge in [-0.3, -0.25) is 14.6 Å². The van der Waals surface area contributed by atoms with Gasteiger partial charge in [-0.15, -0.1) is 0 Å². The number of H-pyrrole nitrogens is 1. The molecule has 2 fully saturated rings. The molecule has 2 aliphatic rings. The fourth-order valence-corrected chi connectivity index (χ4v) is 5.58. The first-order valence-electron chi connectivity index (χ1n) is 14.6. The number of nitrogen functional groups attached to an aromatic ring is 1. The van der Waals surface area contributed by atoms with Gasteiger partial charge in [-0.25, -0.2) is 13.8 Å². The average molecular weight is 561 g/mol. The van der Waals surface area contributed by atoms with Gasteiger partial charge in [0, 0.05) is 56.5 Å². The Balaban J connectivity index is 0.00000103. The number of hydrogen-bond acceptors (Lipinski definition) is 7. The van der Waals surface area contributed by atoms with Gasteiger partial charge >= 0.3 is 0 Å². The quantitative estimate of drug-likeness (QED) is 0.440. The maximum absolute atomic E-state index is 14.1. The van der Waals surface area contributed by atoms with Gasteiger partial charge in [0.2, 0.25) is 0 Å². The van der Waals surface area contributed by atoms with Crippen molar-refractivity contribution in [3.05, 3.63) is 57.5 Å². The molecule has 4 N–H and O–H groups in total. The summed E-state index contributed by atoms with van der Waals surface area (Å²) < 4.78 is 27.3. The molecule has 2 saturated heterocycles. The Bertz CT molecular complexity index is 1180. The number of halogens is 2. The maximum atomic E-state index is 14.1. The fourth-order valence-electron chi connectivity index (χ4n) is 5.58. The topological polar surface area (TPSA) is 102 Å². The number of nitrogens with two attached hydrogens (primary N) is 1. The molecule has 1 aromatic carbocycles. The number of nitrogens with zero attached hydrogens (tertiary/aromatic N) is 4. The van der Waals surface area contributed by atoms with Crippen LogP contribution < -0.4 is 16.2 Å². The molecular weight excluding hydrogens is 514 g/mol. The molecule has 0 bridgehead atoms. The van der Waals surface area contributed by atoms with E-state index < -0.39 is 11.6 Å². The molecule has 2 aromatic rings. The molecule has 1 aromatic heterocycles. The predicted octanol–water partition coefficient (Wildman–Crippen LogP) is 4.40. The second-order valence-electron chi connectivity index (χ2n) is 10.7. The van der Waals surface area contributed by atoms with Crippen LogP contribution in [0.25, 0.3) is 5.57 Å². The van der Waals surface area contributed by atoms with E-state index >= 15 is 0 Å². The molecule has 3 heterocycles. The third-order valence-electron chi connectivity index (χ3n) is 7.79.